The highest BCUT2D eigenvalue weighted by Gasteiger charge is 2.45. The summed E-state index contributed by atoms with van der Waals surface area (Å²) in [6.07, 6.45) is 7.59. The van der Waals surface area contributed by atoms with Crippen LogP contribution in [0.5, 0.6) is 11.6 Å². The van der Waals surface area contributed by atoms with Crippen LogP contribution in [0.1, 0.15) is 29.5 Å². The summed E-state index contributed by atoms with van der Waals surface area (Å²) >= 11 is 6.80. The normalized spacial score (nSPS) is 14.7. The molecule has 0 saturated heterocycles. The molecule has 4 rings (SSSR count). The summed E-state index contributed by atoms with van der Waals surface area (Å²) < 4.78 is 50.4. The molecule has 34 heavy (non-hydrogen) atoms. The minimum absolute atomic E-state index is 0.306. The maximum Gasteiger partial charge on any atom is 0.229 e. The molecule has 1 saturated carbocycles. The van der Waals surface area contributed by atoms with Crippen molar-refractivity contribution in [2.24, 2.45) is 0 Å². The van der Waals surface area contributed by atoms with Gasteiger partial charge in [-0.2, -0.15) is 0 Å². The number of alkyl halides is 1. The van der Waals surface area contributed by atoms with Crippen LogP contribution in [0.4, 0.5) is 10.1 Å². The number of ether oxygens (including phenoxy) is 2. The lowest BCUT2D eigenvalue weighted by atomic mass is 9.96. The Bertz CT molecular complexity index is 1350. The summed E-state index contributed by atoms with van der Waals surface area (Å²) in [5, 5.41) is 0. The van der Waals surface area contributed by atoms with Gasteiger partial charge in [-0.25, -0.2) is 17.8 Å². The fraction of sp³-hybridized carbons (Fsp3) is 0.240. The third-order valence-corrected chi connectivity index (χ3v) is 6.67. The summed E-state index contributed by atoms with van der Waals surface area (Å²) in [6.45, 7) is 0. The lowest BCUT2D eigenvalue weighted by molar-refractivity contribution is 0.397. The number of benzene rings is 2. The molecule has 1 heterocycles. The van der Waals surface area contributed by atoms with Gasteiger partial charge in [-0.3, -0.25) is 4.72 Å². The first kappa shape index (κ1) is 24.0. The number of rotatable bonds is 8. The van der Waals surface area contributed by atoms with Gasteiger partial charge in [0.05, 0.1) is 31.5 Å². The number of aromatic nitrogens is 1. The third-order valence-electron chi connectivity index (χ3n) is 5.48. The number of halogens is 2. The Morgan fingerprint density at radius 1 is 1.09 bits per heavy atom. The number of sulfonamides is 1. The van der Waals surface area contributed by atoms with E-state index in [1.165, 1.54) is 13.2 Å². The number of hydrogen-bond acceptors (Lipinski definition) is 5. The van der Waals surface area contributed by atoms with Gasteiger partial charge < -0.3 is 9.47 Å². The molecule has 6 nitrogen and oxygen atoms in total. The van der Waals surface area contributed by atoms with Crippen molar-refractivity contribution < 1.29 is 22.3 Å². The summed E-state index contributed by atoms with van der Waals surface area (Å²) in [5.74, 6) is 0.479. The van der Waals surface area contributed by atoms with Gasteiger partial charge in [0.25, 0.3) is 0 Å². The first-order valence-electron chi connectivity index (χ1n) is 10.5. The second kappa shape index (κ2) is 9.27. The van der Waals surface area contributed by atoms with Crippen molar-refractivity contribution in [1.29, 1.82) is 0 Å². The zero-order valence-electron chi connectivity index (χ0n) is 18.9. The van der Waals surface area contributed by atoms with Crippen LogP contribution in [0.15, 0.2) is 48.7 Å². The zero-order chi connectivity index (χ0) is 24.5. The maximum absolute atomic E-state index is 14.0. The average molecular weight is 503 g/mol. The van der Waals surface area contributed by atoms with Crippen LogP contribution in [0, 0.1) is 5.82 Å². The molecule has 0 bridgehead atoms. The molecule has 0 atom stereocenters. The molecule has 9 heteroatoms. The Kier molecular flexibility index (Phi) is 6.55. The molecule has 2 aromatic carbocycles. The van der Waals surface area contributed by atoms with Gasteiger partial charge in [0, 0.05) is 22.4 Å². The van der Waals surface area contributed by atoms with Crippen molar-refractivity contribution in [3.8, 4) is 22.8 Å². The molecule has 1 N–H and O–H groups in total. The highest BCUT2D eigenvalue weighted by molar-refractivity contribution is 7.92. The quantitative estimate of drug-likeness (QED) is 0.317. The Labute approximate surface area is 203 Å². The van der Waals surface area contributed by atoms with Gasteiger partial charge in [-0.1, -0.05) is 24.3 Å². The van der Waals surface area contributed by atoms with E-state index in [4.69, 9.17) is 21.1 Å². The minimum atomic E-state index is -3.35. The number of nitrogens with zero attached hydrogens (tertiary/aromatic N) is 1. The van der Waals surface area contributed by atoms with Gasteiger partial charge in [0.2, 0.25) is 15.9 Å². The maximum atomic E-state index is 14.0. The Morgan fingerprint density at radius 3 is 2.38 bits per heavy atom. The second-order valence-corrected chi connectivity index (χ2v) is 10.6. The SMILES string of the molecule is COc1ncc(F)cc1-c1cc(/C=C/c2ccc(NS(C)(=O)=O)cc2)c(OC)c(C2(Cl)CC2)c1. The molecule has 1 aliphatic carbocycles. The molecule has 178 valence electrons. The molecule has 0 spiro atoms. The first-order chi connectivity index (χ1) is 16.1. The summed E-state index contributed by atoms with van der Waals surface area (Å²) in [6, 6.07) is 12.1. The second-order valence-electron chi connectivity index (χ2n) is 8.15. The standard InChI is InChI=1S/C25H24ClFN2O4S/c1-32-23-17(7-4-16-5-8-20(9-6-16)29-34(3,30)31)12-18(13-22(23)25(26)10-11-25)21-14-19(27)15-28-24(21)33-2/h4-9,12-15,29H,10-11H2,1-3H3/b7-4+. The molecular weight excluding hydrogens is 479 g/mol. The van der Waals surface area contributed by atoms with E-state index in [1.807, 2.05) is 24.3 Å². The molecule has 1 aliphatic rings. The van der Waals surface area contributed by atoms with Crippen LogP contribution >= 0.6 is 11.6 Å². The fourth-order valence-corrected chi connectivity index (χ4v) is 4.53. The number of pyridine rings is 1. The Morgan fingerprint density at radius 2 is 1.79 bits per heavy atom. The molecular formula is C25H24ClFN2O4S. The van der Waals surface area contributed by atoms with E-state index in [0.29, 0.717) is 28.4 Å². The lowest BCUT2D eigenvalue weighted by Crippen LogP contribution is -2.09. The van der Waals surface area contributed by atoms with E-state index in [2.05, 4.69) is 9.71 Å². The van der Waals surface area contributed by atoms with E-state index < -0.39 is 20.7 Å². The molecule has 0 aliphatic heterocycles. The largest absolute Gasteiger partial charge is 0.496 e. The average Bonchev–Trinajstić information content (AvgIpc) is 3.55. The fourth-order valence-electron chi connectivity index (χ4n) is 3.73. The summed E-state index contributed by atoms with van der Waals surface area (Å²) in [4.78, 5) is 3.52. The number of hydrogen-bond donors (Lipinski definition) is 1. The Hall–Kier alpha value is -3.10. The molecule has 0 amide bonds. The van der Waals surface area contributed by atoms with Crippen molar-refractivity contribution in [3.63, 3.8) is 0 Å². The topological polar surface area (TPSA) is 77.5 Å². The van der Waals surface area contributed by atoms with Crippen LogP contribution in [-0.4, -0.2) is 33.9 Å². The van der Waals surface area contributed by atoms with Gasteiger partial charge in [0.1, 0.15) is 11.6 Å². The van der Waals surface area contributed by atoms with E-state index in [9.17, 15) is 12.8 Å². The predicted molar refractivity (Wildman–Crippen MR) is 133 cm³/mol. The van der Waals surface area contributed by atoms with Gasteiger partial charge >= 0.3 is 0 Å². The minimum Gasteiger partial charge on any atom is -0.496 e. The van der Waals surface area contributed by atoms with Crippen molar-refractivity contribution in [2.45, 2.75) is 17.7 Å². The highest BCUT2D eigenvalue weighted by atomic mass is 35.5. The lowest BCUT2D eigenvalue weighted by Gasteiger charge is -2.18. The van der Waals surface area contributed by atoms with Gasteiger partial charge in [-0.05, 0) is 54.3 Å². The van der Waals surface area contributed by atoms with Crippen molar-refractivity contribution in [1.82, 2.24) is 4.98 Å². The number of nitrogens with one attached hydrogen (secondary N) is 1. The summed E-state index contributed by atoms with van der Waals surface area (Å²) in [7, 11) is -0.267. The van der Waals surface area contributed by atoms with Crippen LogP contribution in [-0.2, 0) is 14.9 Å². The van der Waals surface area contributed by atoms with E-state index in [1.54, 1.807) is 31.4 Å². The first-order valence-corrected chi connectivity index (χ1v) is 12.8. The monoisotopic (exact) mass is 502 g/mol. The van der Waals surface area contributed by atoms with E-state index in [-0.39, 0.29) is 0 Å². The third kappa shape index (κ3) is 5.34. The van der Waals surface area contributed by atoms with Crippen LogP contribution in [0.2, 0.25) is 0 Å². The predicted octanol–water partition coefficient (Wildman–Crippen LogP) is 5.67. The van der Waals surface area contributed by atoms with E-state index in [0.717, 1.165) is 42.0 Å². The van der Waals surface area contributed by atoms with E-state index >= 15 is 0 Å². The van der Waals surface area contributed by atoms with Crippen LogP contribution < -0.4 is 14.2 Å². The van der Waals surface area contributed by atoms with Crippen LogP contribution in [0.3, 0.4) is 0 Å². The van der Waals surface area contributed by atoms with Crippen LogP contribution in [0.25, 0.3) is 23.3 Å². The molecule has 0 radical (unpaired) electrons. The highest BCUT2D eigenvalue weighted by Crippen LogP contribution is 2.56. The van der Waals surface area contributed by atoms with Gasteiger partial charge in [0.15, 0.2) is 0 Å². The molecule has 3 aromatic rings. The van der Waals surface area contributed by atoms with Crippen molar-refractivity contribution in [3.05, 3.63) is 71.2 Å². The summed E-state index contributed by atoms with van der Waals surface area (Å²) in [5.41, 5.74) is 4.13. The Balaban J connectivity index is 1.77. The van der Waals surface area contributed by atoms with Crippen molar-refractivity contribution in [2.75, 3.05) is 25.2 Å². The molecule has 0 unspecified atom stereocenters. The van der Waals surface area contributed by atoms with Crippen molar-refractivity contribution >= 4 is 39.5 Å². The molecule has 1 aromatic heterocycles. The number of anilines is 1. The number of methoxy groups -OCH3 is 2. The zero-order valence-corrected chi connectivity index (χ0v) is 20.5. The molecule has 1 fully saturated rings. The smallest absolute Gasteiger partial charge is 0.229 e. The van der Waals surface area contributed by atoms with Gasteiger partial charge in [-0.15, -0.1) is 11.6 Å².